The summed E-state index contributed by atoms with van der Waals surface area (Å²) in [7, 11) is 0. The van der Waals surface area contributed by atoms with Crippen LogP contribution in [0.5, 0.6) is 0 Å². The van der Waals surface area contributed by atoms with Gasteiger partial charge in [-0.25, -0.2) is 0 Å². The molecule has 0 fully saturated rings. The summed E-state index contributed by atoms with van der Waals surface area (Å²) in [6.07, 6.45) is 0. The fourth-order valence-corrected chi connectivity index (χ4v) is 7.33. The molecule has 0 saturated heterocycles. The Kier molecular flexibility index (Phi) is 4.98. The molecule has 4 heteroatoms. The molecule has 5 aromatic carbocycles. The molecule has 0 atom stereocenters. The van der Waals surface area contributed by atoms with E-state index in [0.717, 1.165) is 0 Å². The van der Waals surface area contributed by atoms with E-state index in [-0.39, 0.29) is 0 Å². The molecular formula is C32H24N2S2. The molecule has 0 saturated carbocycles. The van der Waals surface area contributed by atoms with Crippen LogP contribution in [0.4, 0.5) is 0 Å². The summed E-state index contributed by atoms with van der Waals surface area (Å²) >= 11 is 3.73. The van der Waals surface area contributed by atoms with Gasteiger partial charge in [0.05, 0.1) is 40.9 Å². The van der Waals surface area contributed by atoms with Crippen LogP contribution < -0.4 is 0 Å². The van der Waals surface area contributed by atoms with Gasteiger partial charge in [-0.15, -0.1) is 22.7 Å². The van der Waals surface area contributed by atoms with Crippen molar-refractivity contribution in [1.82, 2.24) is 9.13 Å². The number of rotatable bonds is 2. The van der Waals surface area contributed by atoms with E-state index in [2.05, 4.69) is 132 Å². The van der Waals surface area contributed by atoms with Gasteiger partial charge in [0, 0.05) is 11.4 Å². The second kappa shape index (κ2) is 8.37. The molecule has 0 amide bonds. The van der Waals surface area contributed by atoms with E-state index in [0.29, 0.717) is 0 Å². The molecule has 2 heterocycles. The summed E-state index contributed by atoms with van der Waals surface area (Å²) in [5, 5.41) is 0. The predicted octanol–water partition coefficient (Wildman–Crippen LogP) is 9.75. The Morgan fingerprint density at radius 1 is 0.417 bits per heavy atom. The summed E-state index contributed by atoms with van der Waals surface area (Å²) in [5.41, 5.74) is 9.80. The Balaban J connectivity index is 1.70. The molecule has 36 heavy (non-hydrogen) atoms. The molecule has 7 aromatic rings. The van der Waals surface area contributed by atoms with Crippen molar-refractivity contribution in [2.75, 3.05) is 0 Å². The summed E-state index contributed by atoms with van der Waals surface area (Å²) in [5.74, 6) is 0. The summed E-state index contributed by atoms with van der Waals surface area (Å²) in [6, 6.07) is 39.8. The van der Waals surface area contributed by atoms with E-state index in [1.54, 1.807) is 0 Å². The molecule has 0 spiro atoms. The van der Waals surface area contributed by atoms with Crippen molar-refractivity contribution in [3.8, 4) is 11.4 Å². The normalized spacial score (nSPS) is 11.6. The second-order valence-electron chi connectivity index (χ2n) is 9.28. The topological polar surface area (TPSA) is 9.86 Å². The summed E-state index contributed by atoms with van der Waals surface area (Å²) in [4.78, 5) is 0. The zero-order valence-electron chi connectivity index (χ0n) is 20.1. The molecule has 2 aromatic heterocycles. The molecule has 0 unspecified atom stereocenters. The van der Waals surface area contributed by atoms with Gasteiger partial charge in [0.15, 0.2) is 0 Å². The van der Waals surface area contributed by atoms with Gasteiger partial charge >= 0.3 is 0 Å². The quantitative estimate of drug-likeness (QED) is 0.209. The van der Waals surface area contributed by atoms with Gasteiger partial charge in [0.1, 0.15) is 0 Å². The number of benzene rings is 5. The maximum Gasteiger partial charge on any atom is 0.0656 e. The van der Waals surface area contributed by atoms with Crippen LogP contribution in [0.3, 0.4) is 0 Å². The van der Waals surface area contributed by atoms with Crippen molar-refractivity contribution in [1.29, 1.82) is 0 Å². The van der Waals surface area contributed by atoms with Crippen molar-refractivity contribution in [2.24, 2.45) is 0 Å². The minimum atomic E-state index is 1.19. The Bertz CT molecular complexity index is 1840. The molecule has 2 nitrogen and oxygen atoms in total. The minimum absolute atomic E-state index is 1.19. The molecule has 0 bridgehead atoms. The molecule has 0 radical (unpaired) electrons. The number of aryl methyl sites for hydroxylation is 2. The molecule has 7 rings (SSSR count). The molecule has 0 N–H and O–H groups in total. The number of para-hydroxylation sites is 2. The summed E-state index contributed by atoms with van der Waals surface area (Å²) < 4.78 is 9.98. The zero-order valence-corrected chi connectivity index (χ0v) is 21.7. The van der Waals surface area contributed by atoms with Crippen LogP contribution in [0.15, 0.2) is 109 Å². The first kappa shape index (κ1) is 21.4. The number of hydrogen-bond acceptors (Lipinski definition) is 2. The van der Waals surface area contributed by atoms with E-state index in [1.165, 1.54) is 63.4 Å². The predicted molar refractivity (Wildman–Crippen MR) is 158 cm³/mol. The maximum absolute atomic E-state index is 2.42. The largest absolute Gasteiger partial charge is 0.308 e. The lowest BCUT2D eigenvalue weighted by molar-refractivity contribution is 1.15. The van der Waals surface area contributed by atoms with E-state index >= 15 is 0 Å². The fraction of sp³-hybridized carbons (Fsp3) is 0.0625. The van der Waals surface area contributed by atoms with Gasteiger partial charge in [-0.2, -0.15) is 0 Å². The molecular weight excluding hydrogens is 477 g/mol. The molecule has 0 aliphatic heterocycles. The highest BCUT2D eigenvalue weighted by Gasteiger charge is 2.14. The minimum Gasteiger partial charge on any atom is -0.308 e. The van der Waals surface area contributed by atoms with Crippen LogP contribution in [-0.2, 0) is 0 Å². The van der Waals surface area contributed by atoms with Crippen LogP contribution in [0.1, 0.15) is 11.1 Å². The van der Waals surface area contributed by atoms with Gasteiger partial charge in [-0.1, -0.05) is 48.5 Å². The lowest BCUT2D eigenvalue weighted by Crippen LogP contribution is -2.02. The smallest absolute Gasteiger partial charge is 0.0656 e. The lowest BCUT2D eigenvalue weighted by Gasteiger charge is -2.19. The Hall–Kier alpha value is -3.86. The Morgan fingerprint density at radius 3 is 1.36 bits per heavy atom. The first-order valence-electron chi connectivity index (χ1n) is 12.1. The van der Waals surface area contributed by atoms with Crippen LogP contribution in [0.2, 0.25) is 0 Å². The second-order valence-corrected chi connectivity index (χ2v) is 11.4. The van der Waals surface area contributed by atoms with Crippen LogP contribution in [0, 0.1) is 13.8 Å². The number of aromatic nitrogens is 2. The van der Waals surface area contributed by atoms with Gasteiger partial charge < -0.3 is 9.13 Å². The van der Waals surface area contributed by atoms with Crippen molar-refractivity contribution in [3.63, 3.8) is 0 Å². The van der Waals surface area contributed by atoms with Gasteiger partial charge in [-0.3, -0.25) is 0 Å². The Labute approximate surface area is 217 Å². The lowest BCUT2D eigenvalue weighted by atomic mass is 10.2. The maximum atomic E-state index is 2.42. The number of nitrogens with zero attached hydrogens (tertiary/aromatic N) is 2. The van der Waals surface area contributed by atoms with E-state index in [9.17, 15) is 0 Å². The van der Waals surface area contributed by atoms with Gasteiger partial charge in [0.25, 0.3) is 0 Å². The molecule has 0 aliphatic rings. The van der Waals surface area contributed by atoms with Crippen LogP contribution in [0.25, 0.3) is 52.2 Å². The first-order valence-corrected chi connectivity index (χ1v) is 13.7. The van der Waals surface area contributed by atoms with E-state index in [1.807, 2.05) is 22.7 Å². The fourth-order valence-electron chi connectivity index (χ4n) is 5.10. The third kappa shape index (κ3) is 3.45. The van der Waals surface area contributed by atoms with Crippen molar-refractivity contribution < 1.29 is 0 Å². The van der Waals surface area contributed by atoms with Crippen LogP contribution in [-0.4, -0.2) is 9.13 Å². The van der Waals surface area contributed by atoms with Crippen molar-refractivity contribution in [3.05, 3.63) is 120 Å². The van der Waals surface area contributed by atoms with E-state index < -0.39 is 0 Å². The standard InChI is InChI=1S/C32H24N2S2/c1-21-9-7-11-23(17-21)33-25-13-3-5-15-29(25)35-31-20-32-28(19-27(31)33)34(24-12-8-10-22(2)18-24)26-14-4-6-16-30(26)36-32/h3-20H,1-2H3. The molecule has 174 valence electrons. The average molecular weight is 501 g/mol. The summed E-state index contributed by atoms with van der Waals surface area (Å²) in [6.45, 7) is 4.32. The number of hydrogen-bond donors (Lipinski definition) is 0. The third-order valence-electron chi connectivity index (χ3n) is 6.69. The van der Waals surface area contributed by atoms with Crippen LogP contribution >= 0.6 is 22.7 Å². The first-order chi connectivity index (χ1) is 17.7. The highest BCUT2D eigenvalue weighted by atomic mass is 32.1. The van der Waals surface area contributed by atoms with Gasteiger partial charge in [0.2, 0.25) is 0 Å². The third-order valence-corrected chi connectivity index (χ3v) is 8.92. The Morgan fingerprint density at radius 2 is 0.889 bits per heavy atom. The SMILES string of the molecule is Cc1cccc(-n2c3ccccc3sc3cc4sc5ccccc5n(-c5cccc(C)c5)c4cc32)c1. The molecule has 0 aliphatic carbocycles. The van der Waals surface area contributed by atoms with Crippen molar-refractivity contribution in [2.45, 2.75) is 13.8 Å². The van der Waals surface area contributed by atoms with Crippen molar-refractivity contribution >= 4 is 63.5 Å². The highest BCUT2D eigenvalue weighted by molar-refractivity contribution is 7.26. The zero-order chi connectivity index (χ0) is 24.2. The highest BCUT2D eigenvalue weighted by Crippen LogP contribution is 2.38. The van der Waals surface area contributed by atoms with Gasteiger partial charge in [-0.05, 0) is 85.6 Å². The average Bonchev–Trinajstić information content (AvgIpc) is 2.89. The van der Waals surface area contributed by atoms with E-state index in [4.69, 9.17) is 0 Å². The number of fused-ring (bicyclic) bond motifs is 4. The monoisotopic (exact) mass is 500 g/mol.